The molecular formula is C11H12Cl2O3. The van der Waals surface area contributed by atoms with Crippen molar-refractivity contribution < 1.29 is 14.6 Å². The summed E-state index contributed by atoms with van der Waals surface area (Å²) in [5.41, 5.74) is 0.453. The maximum absolute atomic E-state index is 10.9. The van der Waals surface area contributed by atoms with E-state index in [-0.39, 0.29) is 18.8 Å². The van der Waals surface area contributed by atoms with E-state index in [9.17, 15) is 9.90 Å². The third kappa shape index (κ3) is 3.37. The van der Waals surface area contributed by atoms with Gasteiger partial charge >= 0.3 is 5.97 Å². The molecule has 1 rings (SSSR count). The standard InChI is InChI=1S/C11H12Cl2O3/c1-16-10(15)6-5-9(14)11-7(12)3-2-4-8(11)13/h2-4,9,14H,5-6H2,1H3. The number of esters is 1. The quantitative estimate of drug-likeness (QED) is 0.849. The molecule has 1 N–H and O–H groups in total. The Balaban J connectivity index is 2.73. The third-order valence-electron chi connectivity index (χ3n) is 2.18. The lowest BCUT2D eigenvalue weighted by Crippen LogP contribution is -2.05. The van der Waals surface area contributed by atoms with E-state index in [1.807, 2.05) is 0 Å². The Bertz CT molecular complexity index is 359. The van der Waals surface area contributed by atoms with Crippen molar-refractivity contribution in [1.82, 2.24) is 0 Å². The molecule has 5 heteroatoms. The number of aliphatic hydroxyl groups is 1. The number of halogens is 2. The van der Waals surface area contributed by atoms with Crippen molar-refractivity contribution in [2.75, 3.05) is 7.11 Å². The van der Waals surface area contributed by atoms with Gasteiger partial charge in [0.2, 0.25) is 0 Å². The number of carbonyl (C=O) groups excluding carboxylic acids is 1. The molecule has 0 saturated heterocycles. The number of methoxy groups -OCH3 is 1. The summed E-state index contributed by atoms with van der Waals surface area (Å²) in [5.74, 6) is -0.373. The van der Waals surface area contributed by atoms with E-state index in [0.29, 0.717) is 15.6 Å². The molecule has 0 amide bonds. The topological polar surface area (TPSA) is 46.5 Å². The highest BCUT2D eigenvalue weighted by molar-refractivity contribution is 6.36. The molecular weight excluding hydrogens is 251 g/mol. The predicted molar refractivity (Wildman–Crippen MR) is 62.7 cm³/mol. The van der Waals surface area contributed by atoms with Gasteiger partial charge in [-0.15, -0.1) is 0 Å². The van der Waals surface area contributed by atoms with Crippen molar-refractivity contribution in [3.63, 3.8) is 0 Å². The molecule has 0 aliphatic rings. The Kier molecular flexibility index (Phi) is 5.06. The van der Waals surface area contributed by atoms with Crippen molar-refractivity contribution in [2.45, 2.75) is 18.9 Å². The fraction of sp³-hybridized carbons (Fsp3) is 0.364. The first-order chi connectivity index (χ1) is 7.56. The minimum Gasteiger partial charge on any atom is -0.469 e. The van der Waals surface area contributed by atoms with Gasteiger partial charge < -0.3 is 9.84 Å². The summed E-state index contributed by atoms with van der Waals surface area (Å²) in [4.78, 5) is 10.9. The molecule has 1 unspecified atom stereocenters. The molecule has 1 aromatic carbocycles. The summed E-state index contributed by atoms with van der Waals surface area (Å²) >= 11 is 11.8. The van der Waals surface area contributed by atoms with E-state index in [1.165, 1.54) is 7.11 Å². The second-order valence-corrected chi connectivity index (χ2v) is 4.08. The van der Waals surface area contributed by atoms with Crippen LogP contribution in [0.3, 0.4) is 0 Å². The molecule has 0 heterocycles. The average molecular weight is 263 g/mol. The van der Waals surface area contributed by atoms with Gasteiger partial charge in [0.15, 0.2) is 0 Å². The van der Waals surface area contributed by atoms with Crippen LogP contribution >= 0.6 is 23.2 Å². The number of rotatable bonds is 4. The van der Waals surface area contributed by atoms with E-state index in [0.717, 1.165) is 0 Å². The average Bonchev–Trinajstić information content (AvgIpc) is 2.25. The molecule has 0 aliphatic carbocycles. The fourth-order valence-electron chi connectivity index (χ4n) is 1.33. The maximum atomic E-state index is 10.9. The molecule has 0 saturated carbocycles. The predicted octanol–water partition coefficient (Wildman–Crippen LogP) is 2.98. The molecule has 0 aliphatic heterocycles. The molecule has 1 aromatic rings. The third-order valence-corrected chi connectivity index (χ3v) is 2.84. The molecule has 0 fully saturated rings. The summed E-state index contributed by atoms with van der Waals surface area (Å²) in [6.45, 7) is 0. The summed E-state index contributed by atoms with van der Waals surface area (Å²) in [6, 6.07) is 4.98. The van der Waals surface area contributed by atoms with Crippen LogP contribution in [0, 0.1) is 0 Å². The number of hydrogen-bond donors (Lipinski definition) is 1. The Labute approximate surface area is 104 Å². The van der Waals surface area contributed by atoms with Gasteiger partial charge in [-0.25, -0.2) is 0 Å². The summed E-state index contributed by atoms with van der Waals surface area (Å²) in [5, 5.41) is 10.6. The Morgan fingerprint density at radius 3 is 2.50 bits per heavy atom. The summed E-state index contributed by atoms with van der Waals surface area (Å²) < 4.78 is 4.48. The van der Waals surface area contributed by atoms with Crippen molar-refractivity contribution in [3.8, 4) is 0 Å². The molecule has 16 heavy (non-hydrogen) atoms. The molecule has 0 radical (unpaired) electrons. The van der Waals surface area contributed by atoms with Crippen LogP contribution < -0.4 is 0 Å². The fourth-order valence-corrected chi connectivity index (χ4v) is 1.98. The smallest absolute Gasteiger partial charge is 0.305 e. The summed E-state index contributed by atoms with van der Waals surface area (Å²) in [7, 11) is 1.30. The van der Waals surface area contributed by atoms with Crippen LogP contribution in [0.1, 0.15) is 24.5 Å². The van der Waals surface area contributed by atoms with E-state index < -0.39 is 6.10 Å². The maximum Gasteiger partial charge on any atom is 0.305 e. The van der Waals surface area contributed by atoms with Crippen molar-refractivity contribution in [2.24, 2.45) is 0 Å². The number of carbonyl (C=O) groups is 1. The van der Waals surface area contributed by atoms with Crippen LogP contribution in [0.25, 0.3) is 0 Å². The van der Waals surface area contributed by atoms with Crippen LogP contribution in [0.2, 0.25) is 10.0 Å². The minimum absolute atomic E-state index is 0.124. The van der Waals surface area contributed by atoms with Crippen LogP contribution in [0.4, 0.5) is 0 Å². The minimum atomic E-state index is -0.861. The van der Waals surface area contributed by atoms with Gasteiger partial charge in [0.1, 0.15) is 0 Å². The Morgan fingerprint density at radius 1 is 1.44 bits per heavy atom. The lowest BCUT2D eigenvalue weighted by molar-refractivity contribution is -0.141. The second-order valence-electron chi connectivity index (χ2n) is 3.27. The monoisotopic (exact) mass is 262 g/mol. The molecule has 0 spiro atoms. The van der Waals surface area contributed by atoms with Crippen LogP contribution in [-0.4, -0.2) is 18.2 Å². The van der Waals surface area contributed by atoms with Crippen molar-refractivity contribution in [3.05, 3.63) is 33.8 Å². The first kappa shape index (κ1) is 13.3. The van der Waals surface area contributed by atoms with E-state index in [4.69, 9.17) is 23.2 Å². The van der Waals surface area contributed by atoms with Gasteiger partial charge in [-0.05, 0) is 18.6 Å². The van der Waals surface area contributed by atoms with Gasteiger partial charge in [0.25, 0.3) is 0 Å². The molecule has 0 aromatic heterocycles. The van der Waals surface area contributed by atoms with Crippen LogP contribution in [0.5, 0.6) is 0 Å². The molecule has 0 bridgehead atoms. The van der Waals surface area contributed by atoms with E-state index in [2.05, 4.69) is 4.74 Å². The number of aliphatic hydroxyl groups excluding tert-OH is 1. The lowest BCUT2D eigenvalue weighted by atomic mass is 10.0. The zero-order chi connectivity index (χ0) is 12.1. The number of benzene rings is 1. The normalized spacial score (nSPS) is 12.2. The highest BCUT2D eigenvalue weighted by atomic mass is 35.5. The molecule has 88 valence electrons. The Morgan fingerprint density at radius 2 is 2.00 bits per heavy atom. The SMILES string of the molecule is COC(=O)CCC(O)c1c(Cl)cccc1Cl. The largest absolute Gasteiger partial charge is 0.469 e. The summed E-state index contributed by atoms with van der Waals surface area (Å²) in [6.07, 6.45) is -0.504. The van der Waals surface area contributed by atoms with Crippen LogP contribution in [-0.2, 0) is 9.53 Å². The second kappa shape index (κ2) is 6.09. The van der Waals surface area contributed by atoms with E-state index in [1.54, 1.807) is 18.2 Å². The van der Waals surface area contributed by atoms with Crippen LogP contribution in [0.15, 0.2) is 18.2 Å². The van der Waals surface area contributed by atoms with E-state index >= 15 is 0 Å². The van der Waals surface area contributed by atoms with Gasteiger partial charge in [-0.1, -0.05) is 29.3 Å². The van der Waals surface area contributed by atoms with Crippen molar-refractivity contribution in [1.29, 1.82) is 0 Å². The highest BCUT2D eigenvalue weighted by Gasteiger charge is 2.16. The first-order valence-electron chi connectivity index (χ1n) is 4.75. The van der Waals surface area contributed by atoms with Gasteiger partial charge in [-0.2, -0.15) is 0 Å². The molecule has 3 nitrogen and oxygen atoms in total. The highest BCUT2D eigenvalue weighted by Crippen LogP contribution is 2.32. The zero-order valence-electron chi connectivity index (χ0n) is 8.74. The number of ether oxygens (including phenoxy) is 1. The van der Waals surface area contributed by atoms with Crippen molar-refractivity contribution >= 4 is 29.2 Å². The lowest BCUT2D eigenvalue weighted by Gasteiger charge is -2.13. The van der Waals surface area contributed by atoms with Gasteiger partial charge in [0.05, 0.1) is 13.2 Å². The Hall–Kier alpha value is -0.770. The number of hydrogen-bond acceptors (Lipinski definition) is 3. The zero-order valence-corrected chi connectivity index (χ0v) is 10.3. The van der Waals surface area contributed by atoms with Gasteiger partial charge in [-0.3, -0.25) is 4.79 Å². The molecule has 1 atom stereocenters. The first-order valence-corrected chi connectivity index (χ1v) is 5.50. The van der Waals surface area contributed by atoms with Gasteiger partial charge in [0, 0.05) is 22.0 Å².